The maximum Gasteiger partial charge on any atom is 0.334 e. The second-order valence-corrected chi connectivity index (χ2v) is 4.25. The van der Waals surface area contributed by atoms with Gasteiger partial charge in [-0.05, 0) is 38.0 Å². The number of esters is 1. The highest BCUT2D eigenvalue weighted by molar-refractivity contribution is 5.95. The first kappa shape index (κ1) is 13.5. The van der Waals surface area contributed by atoms with Gasteiger partial charge in [0, 0.05) is 16.7 Å². The summed E-state index contributed by atoms with van der Waals surface area (Å²) < 4.78 is 15.7. The van der Waals surface area contributed by atoms with Crippen molar-refractivity contribution in [1.82, 2.24) is 0 Å². The fraction of sp³-hybridized carbons (Fsp3) is 0.400. The van der Waals surface area contributed by atoms with E-state index in [2.05, 4.69) is 0 Å². The minimum absolute atomic E-state index is 0.252. The number of carbonyl (C=O) groups is 1. The zero-order valence-corrected chi connectivity index (χ0v) is 11.5. The van der Waals surface area contributed by atoms with E-state index in [4.69, 9.17) is 14.2 Å². The summed E-state index contributed by atoms with van der Waals surface area (Å²) in [7, 11) is 3.27. The molecule has 1 aromatic carbocycles. The van der Waals surface area contributed by atoms with E-state index in [9.17, 15) is 4.79 Å². The molecule has 0 fully saturated rings. The summed E-state index contributed by atoms with van der Waals surface area (Å²) in [4.78, 5) is 11.8. The van der Waals surface area contributed by atoms with Gasteiger partial charge in [-0.15, -0.1) is 0 Å². The fourth-order valence-corrected chi connectivity index (χ4v) is 2.30. The Morgan fingerprint density at radius 3 is 2.47 bits per heavy atom. The molecule has 0 radical (unpaired) electrons. The molecule has 0 saturated carbocycles. The van der Waals surface area contributed by atoms with Crippen LogP contribution in [0.1, 0.15) is 24.5 Å². The molecule has 1 aromatic rings. The van der Waals surface area contributed by atoms with Crippen LogP contribution in [0.25, 0.3) is 6.08 Å². The Labute approximate surface area is 113 Å². The molecule has 102 valence electrons. The molecule has 19 heavy (non-hydrogen) atoms. The van der Waals surface area contributed by atoms with E-state index in [0.717, 1.165) is 29.0 Å². The first-order chi connectivity index (χ1) is 9.21. The van der Waals surface area contributed by atoms with Crippen LogP contribution in [0.15, 0.2) is 17.7 Å². The molecule has 0 N–H and O–H groups in total. The Balaban J connectivity index is 2.45. The van der Waals surface area contributed by atoms with Gasteiger partial charge in [-0.1, -0.05) is 0 Å². The molecule has 1 aliphatic rings. The molecular formula is C15H18O4. The van der Waals surface area contributed by atoms with Gasteiger partial charge in [-0.2, -0.15) is 0 Å². The minimum Gasteiger partial charge on any atom is -0.496 e. The van der Waals surface area contributed by atoms with Crippen molar-refractivity contribution >= 4 is 12.0 Å². The number of carbonyl (C=O) groups excluding carboxylic acids is 1. The van der Waals surface area contributed by atoms with Gasteiger partial charge in [-0.25, -0.2) is 4.79 Å². The molecule has 0 aromatic heterocycles. The van der Waals surface area contributed by atoms with Crippen LogP contribution in [-0.2, 0) is 16.0 Å². The lowest BCUT2D eigenvalue weighted by atomic mass is 9.91. The van der Waals surface area contributed by atoms with Crippen LogP contribution in [-0.4, -0.2) is 26.8 Å². The molecule has 0 aliphatic heterocycles. The Hall–Kier alpha value is -1.97. The highest BCUT2D eigenvalue weighted by Crippen LogP contribution is 2.37. The average molecular weight is 262 g/mol. The van der Waals surface area contributed by atoms with E-state index < -0.39 is 0 Å². The lowest BCUT2D eigenvalue weighted by Gasteiger charge is -2.20. The molecule has 0 atom stereocenters. The first-order valence-electron chi connectivity index (χ1n) is 6.32. The van der Waals surface area contributed by atoms with Crippen molar-refractivity contribution in [2.24, 2.45) is 0 Å². The summed E-state index contributed by atoms with van der Waals surface area (Å²) in [5.74, 6) is 1.32. The maximum absolute atomic E-state index is 11.8. The van der Waals surface area contributed by atoms with Gasteiger partial charge in [0.2, 0.25) is 0 Å². The largest absolute Gasteiger partial charge is 0.496 e. The first-order valence-corrected chi connectivity index (χ1v) is 6.32. The second kappa shape index (κ2) is 5.78. The summed E-state index contributed by atoms with van der Waals surface area (Å²) >= 11 is 0. The molecule has 0 saturated heterocycles. The molecule has 0 amide bonds. The Morgan fingerprint density at radius 2 is 1.84 bits per heavy atom. The Kier molecular flexibility index (Phi) is 4.10. The number of hydrogen-bond acceptors (Lipinski definition) is 4. The summed E-state index contributed by atoms with van der Waals surface area (Å²) in [6.07, 6.45) is 3.26. The summed E-state index contributed by atoms with van der Waals surface area (Å²) in [5, 5.41) is 0. The van der Waals surface area contributed by atoms with E-state index in [1.54, 1.807) is 21.1 Å². The summed E-state index contributed by atoms with van der Waals surface area (Å²) in [5.41, 5.74) is 2.67. The third kappa shape index (κ3) is 2.57. The normalized spacial score (nSPS) is 13.3. The van der Waals surface area contributed by atoms with Crippen molar-refractivity contribution in [1.29, 1.82) is 0 Å². The highest BCUT2D eigenvalue weighted by atomic mass is 16.5. The molecule has 2 rings (SSSR count). The van der Waals surface area contributed by atoms with Crippen molar-refractivity contribution in [2.45, 2.75) is 19.8 Å². The van der Waals surface area contributed by atoms with E-state index in [-0.39, 0.29) is 5.97 Å². The van der Waals surface area contributed by atoms with Crippen LogP contribution in [0.4, 0.5) is 0 Å². The Bertz CT molecular complexity index is 517. The number of fused-ring (bicyclic) bond motifs is 1. The highest BCUT2D eigenvalue weighted by Gasteiger charge is 2.22. The maximum atomic E-state index is 11.8. The van der Waals surface area contributed by atoms with Crippen LogP contribution in [0, 0.1) is 0 Å². The second-order valence-electron chi connectivity index (χ2n) is 4.25. The SMILES string of the molecule is CCOC(=O)C1=Cc2c(OC)ccc(OC)c2CC1. The van der Waals surface area contributed by atoms with Crippen molar-refractivity contribution in [3.63, 3.8) is 0 Å². The van der Waals surface area contributed by atoms with E-state index in [1.807, 2.05) is 18.2 Å². The number of ether oxygens (including phenoxy) is 3. The van der Waals surface area contributed by atoms with E-state index >= 15 is 0 Å². The van der Waals surface area contributed by atoms with Crippen molar-refractivity contribution in [3.05, 3.63) is 28.8 Å². The van der Waals surface area contributed by atoms with Gasteiger partial charge >= 0.3 is 5.97 Å². The molecule has 0 heterocycles. The van der Waals surface area contributed by atoms with E-state index in [1.165, 1.54) is 0 Å². The minimum atomic E-state index is -0.252. The average Bonchev–Trinajstić information content (AvgIpc) is 2.45. The summed E-state index contributed by atoms with van der Waals surface area (Å²) in [6.45, 7) is 2.19. The lowest BCUT2D eigenvalue weighted by molar-refractivity contribution is -0.138. The number of benzene rings is 1. The molecule has 4 nitrogen and oxygen atoms in total. The van der Waals surface area contributed by atoms with Gasteiger partial charge < -0.3 is 14.2 Å². The molecule has 0 bridgehead atoms. The summed E-state index contributed by atoms with van der Waals surface area (Å²) in [6, 6.07) is 3.74. The van der Waals surface area contributed by atoms with Crippen LogP contribution in [0.3, 0.4) is 0 Å². The number of hydrogen-bond donors (Lipinski definition) is 0. The van der Waals surface area contributed by atoms with Crippen molar-refractivity contribution in [3.8, 4) is 11.5 Å². The third-order valence-corrected chi connectivity index (χ3v) is 3.21. The Morgan fingerprint density at radius 1 is 1.16 bits per heavy atom. The predicted octanol–water partition coefficient (Wildman–Crippen LogP) is 2.60. The molecule has 1 aliphatic carbocycles. The molecule has 4 heteroatoms. The quantitative estimate of drug-likeness (QED) is 0.782. The van der Waals surface area contributed by atoms with Gasteiger partial charge in [0.25, 0.3) is 0 Å². The van der Waals surface area contributed by atoms with Crippen molar-refractivity contribution < 1.29 is 19.0 Å². The fourth-order valence-electron chi connectivity index (χ4n) is 2.30. The molecule has 0 spiro atoms. The third-order valence-electron chi connectivity index (χ3n) is 3.21. The van der Waals surface area contributed by atoms with Crippen molar-refractivity contribution in [2.75, 3.05) is 20.8 Å². The van der Waals surface area contributed by atoms with E-state index in [0.29, 0.717) is 18.6 Å². The van der Waals surface area contributed by atoms with Crippen LogP contribution in [0.2, 0.25) is 0 Å². The number of methoxy groups -OCH3 is 2. The monoisotopic (exact) mass is 262 g/mol. The zero-order chi connectivity index (χ0) is 13.8. The smallest absolute Gasteiger partial charge is 0.334 e. The van der Waals surface area contributed by atoms with Crippen LogP contribution >= 0.6 is 0 Å². The van der Waals surface area contributed by atoms with Gasteiger partial charge in [-0.3, -0.25) is 0 Å². The topological polar surface area (TPSA) is 44.8 Å². The van der Waals surface area contributed by atoms with Crippen LogP contribution in [0.5, 0.6) is 11.5 Å². The van der Waals surface area contributed by atoms with Gasteiger partial charge in [0.15, 0.2) is 0 Å². The van der Waals surface area contributed by atoms with Gasteiger partial charge in [0.1, 0.15) is 11.5 Å². The lowest BCUT2D eigenvalue weighted by Crippen LogP contribution is -2.12. The van der Waals surface area contributed by atoms with Crippen LogP contribution < -0.4 is 9.47 Å². The standard InChI is InChI=1S/C15H18O4/c1-4-19-15(16)10-5-6-11-12(9-10)14(18-3)8-7-13(11)17-2/h7-9H,4-6H2,1-3H3. The number of rotatable bonds is 4. The van der Waals surface area contributed by atoms with Gasteiger partial charge in [0.05, 0.1) is 20.8 Å². The molecule has 0 unspecified atom stereocenters. The molecular weight excluding hydrogens is 244 g/mol. The zero-order valence-electron chi connectivity index (χ0n) is 11.5. The predicted molar refractivity (Wildman–Crippen MR) is 72.5 cm³/mol.